The van der Waals surface area contributed by atoms with Crippen LogP contribution in [0.3, 0.4) is 0 Å². The third-order valence-corrected chi connectivity index (χ3v) is 1.93. The second kappa shape index (κ2) is 4.83. The van der Waals surface area contributed by atoms with Crippen LogP contribution in [0.4, 0.5) is 5.69 Å². The van der Waals surface area contributed by atoms with Gasteiger partial charge in [0.2, 0.25) is 0 Å². The van der Waals surface area contributed by atoms with E-state index in [1.54, 1.807) is 18.2 Å². The van der Waals surface area contributed by atoms with Crippen LogP contribution in [0.5, 0.6) is 0 Å². The van der Waals surface area contributed by atoms with E-state index in [0.717, 1.165) is 5.56 Å². The average Bonchev–Trinajstić information content (AvgIpc) is 2.22. The molecule has 1 aromatic carbocycles. The highest BCUT2D eigenvalue weighted by atomic mass is 16.1. The number of nitrogen functional groups attached to an aromatic ring is 1. The third-order valence-electron chi connectivity index (χ3n) is 1.93. The lowest BCUT2D eigenvalue weighted by Crippen LogP contribution is -2.03. The summed E-state index contributed by atoms with van der Waals surface area (Å²) in [5.74, 6) is -0.666. The summed E-state index contributed by atoms with van der Waals surface area (Å²) in [5, 5.41) is 2.99. The van der Waals surface area contributed by atoms with Crippen LogP contribution in [-0.2, 0) is 6.42 Å². The number of hydrogen-bond acceptors (Lipinski definition) is 2. The van der Waals surface area contributed by atoms with Gasteiger partial charge >= 0.3 is 0 Å². The minimum absolute atomic E-state index is 0.229. The molecule has 0 atom stereocenters. The monoisotopic (exact) mass is 202 g/mol. The van der Waals surface area contributed by atoms with E-state index in [1.165, 1.54) is 6.07 Å². The number of hydrogen-bond donors (Lipinski definition) is 1. The highest BCUT2D eigenvalue weighted by Crippen LogP contribution is 2.19. The Morgan fingerprint density at radius 1 is 1.67 bits per heavy atom. The first kappa shape index (κ1) is 10.8. The van der Waals surface area contributed by atoms with Crippen LogP contribution < -0.4 is 5.73 Å². The molecule has 0 aromatic heterocycles. The Labute approximate surface area is 86.8 Å². The Morgan fingerprint density at radius 3 is 3.00 bits per heavy atom. The van der Waals surface area contributed by atoms with Gasteiger partial charge in [-0.1, -0.05) is 18.2 Å². The molecule has 0 aliphatic heterocycles. The second-order valence-corrected chi connectivity index (χ2v) is 2.87. The Kier molecular flexibility index (Phi) is 3.49. The fraction of sp³-hybridized carbons (Fsp3) is 0.100. The first-order valence-corrected chi connectivity index (χ1v) is 4.28. The van der Waals surface area contributed by atoms with Crippen molar-refractivity contribution in [2.75, 3.05) is 5.73 Å². The highest BCUT2D eigenvalue weighted by molar-refractivity contribution is 6.00. The second-order valence-electron chi connectivity index (χ2n) is 2.87. The van der Waals surface area contributed by atoms with Gasteiger partial charge in [-0.2, -0.15) is 0 Å². The Hall–Kier alpha value is -2.26. The summed E-state index contributed by atoms with van der Waals surface area (Å²) in [7, 11) is 0. The van der Waals surface area contributed by atoms with Crippen molar-refractivity contribution in [3.8, 4) is 0 Å². The summed E-state index contributed by atoms with van der Waals surface area (Å²) in [6.45, 7) is 3.59. The minimum Gasteiger partial charge on any atom is -0.398 e. The summed E-state index contributed by atoms with van der Waals surface area (Å²) >= 11 is 0. The number of carbonyl (C=O) groups excluding carboxylic acids is 1. The molecule has 0 aliphatic carbocycles. The molecule has 0 heterocycles. The molecule has 1 amide bonds. The van der Waals surface area contributed by atoms with E-state index in [1.807, 2.05) is 0 Å². The molecular formula is C10H10N4O. The average molecular weight is 202 g/mol. The van der Waals surface area contributed by atoms with Crippen molar-refractivity contribution >= 4 is 11.6 Å². The molecule has 0 saturated carbocycles. The smallest absolute Gasteiger partial charge is 0.251 e. The minimum atomic E-state index is -0.666. The molecule has 2 N–H and O–H groups in total. The molecule has 1 rings (SSSR count). The quantitative estimate of drug-likeness (QED) is 0.268. The van der Waals surface area contributed by atoms with Gasteiger partial charge in [-0.05, 0) is 28.7 Å². The molecule has 0 spiro atoms. The molecule has 0 saturated heterocycles. The van der Waals surface area contributed by atoms with Crippen molar-refractivity contribution < 1.29 is 4.79 Å². The van der Waals surface area contributed by atoms with Crippen molar-refractivity contribution in [1.82, 2.24) is 0 Å². The maximum Gasteiger partial charge on any atom is 0.251 e. The number of rotatable bonds is 3. The first-order chi connectivity index (χ1) is 7.20. The van der Waals surface area contributed by atoms with Gasteiger partial charge in [0.25, 0.3) is 5.91 Å². The van der Waals surface area contributed by atoms with Crippen LogP contribution in [0, 0.1) is 0 Å². The number of allylic oxidation sites excluding steroid dienone is 1. The number of amides is 1. The van der Waals surface area contributed by atoms with Crippen molar-refractivity contribution in [2.45, 2.75) is 6.42 Å². The van der Waals surface area contributed by atoms with Gasteiger partial charge in [0, 0.05) is 16.2 Å². The number of anilines is 1. The van der Waals surface area contributed by atoms with E-state index in [0.29, 0.717) is 12.1 Å². The number of carbonyl (C=O) groups is 1. The number of nitrogens with zero attached hydrogens (tertiary/aromatic N) is 3. The molecule has 0 aliphatic rings. The number of nitrogens with two attached hydrogens (primary N) is 1. The number of benzene rings is 1. The van der Waals surface area contributed by atoms with Gasteiger partial charge in [0.05, 0.1) is 0 Å². The number of para-hydroxylation sites is 1. The number of azide groups is 1. The van der Waals surface area contributed by atoms with Crippen LogP contribution in [0.15, 0.2) is 36.0 Å². The summed E-state index contributed by atoms with van der Waals surface area (Å²) in [5.41, 5.74) is 15.3. The third kappa shape index (κ3) is 2.36. The molecule has 5 nitrogen and oxygen atoms in total. The Balaban J connectivity index is 3.19. The van der Waals surface area contributed by atoms with E-state index in [4.69, 9.17) is 11.3 Å². The van der Waals surface area contributed by atoms with Crippen LogP contribution >= 0.6 is 0 Å². The summed E-state index contributed by atoms with van der Waals surface area (Å²) in [4.78, 5) is 13.7. The molecule has 0 bridgehead atoms. The van der Waals surface area contributed by atoms with Crippen molar-refractivity contribution in [1.29, 1.82) is 0 Å². The zero-order valence-electron chi connectivity index (χ0n) is 8.05. The SMILES string of the molecule is C=CCc1cccc(C(=O)N=[N+]=[N-])c1N. The topological polar surface area (TPSA) is 91.8 Å². The van der Waals surface area contributed by atoms with E-state index < -0.39 is 5.91 Å². The zero-order chi connectivity index (χ0) is 11.3. The fourth-order valence-corrected chi connectivity index (χ4v) is 1.23. The molecule has 1 aromatic rings. The lowest BCUT2D eigenvalue weighted by atomic mass is 10.0. The van der Waals surface area contributed by atoms with E-state index >= 15 is 0 Å². The van der Waals surface area contributed by atoms with E-state index in [2.05, 4.69) is 16.6 Å². The molecular weight excluding hydrogens is 192 g/mol. The van der Waals surface area contributed by atoms with E-state index in [9.17, 15) is 4.79 Å². The van der Waals surface area contributed by atoms with Gasteiger partial charge in [0.1, 0.15) is 0 Å². The molecule has 15 heavy (non-hydrogen) atoms. The predicted molar refractivity (Wildman–Crippen MR) is 58.2 cm³/mol. The van der Waals surface area contributed by atoms with Crippen molar-refractivity contribution in [2.24, 2.45) is 5.11 Å². The maximum absolute atomic E-state index is 11.3. The van der Waals surface area contributed by atoms with Crippen LogP contribution in [-0.4, -0.2) is 5.91 Å². The first-order valence-electron chi connectivity index (χ1n) is 4.28. The van der Waals surface area contributed by atoms with Gasteiger partial charge in [-0.25, -0.2) is 0 Å². The van der Waals surface area contributed by atoms with Gasteiger partial charge in [0.15, 0.2) is 0 Å². The summed E-state index contributed by atoms with van der Waals surface area (Å²) in [6.07, 6.45) is 2.26. The molecule has 0 fully saturated rings. The fourth-order valence-electron chi connectivity index (χ4n) is 1.23. The molecule has 0 unspecified atom stereocenters. The Bertz CT molecular complexity index is 447. The maximum atomic E-state index is 11.3. The van der Waals surface area contributed by atoms with E-state index in [-0.39, 0.29) is 5.56 Å². The summed E-state index contributed by atoms with van der Waals surface area (Å²) in [6, 6.07) is 5.01. The van der Waals surface area contributed by atoms with Crippen molar-refractivity contribution in [3.05, 3.63) is 52.4 Å². The van der Waals surface area contributed by atoms with Crippen LogP contribution in [0.1, 0.15) is 15.9 Å². The molecule has 0 radical (unpaired) electrons. The normalized spacial score (nSPS) is 9.07. The summed E-state index contributed by atoms with van der Waals surface area (Å²) < 4.78 is 0. The van der Waals surface area contributed by atoms with Crippen LogP contribution in [0.2, 0.25) is 0 Å². The Morgan fingerprint density at radius 2 is 2.40 bits per heavy atom. The lowest BCUT2D eigenvalue weighted by molar-refractivity contribution is 0.100. The molecule has 76 valence electrons. The highest BCUT2D eigenvalue weighted by Gasteiger charge is 2.09. The predicted octanol–water partition coefficient (Wildman–Crippen LogP) is 2.45. The lowest BCUT2D eigenvalue weighted by Gasteiger charge is -2.06. The largest absolute Gasteiger partial charge is 0.398 e. The molecule has 5 heteroatoms. The van der Waals surface area contributed by atoms with Gasteiger partial charge < -0.3 is 5.73 Å². The standard InChI is InChI=1S/C10H10N4O/c1-2-4-7-5-3-6-8(9(7)11)10(15)13-14-12/h2-3,5-6H,1,4,11H2. The zero-order valence-corrected chi connectivity index (χ0v) is 8.05. The van der Waals surface area contributed by atoms with Crippen LogP contribution in [0.25, 0.3) is 10.4 Å². The van der Waals surface area contributed by atoms with Crippen molar-refractivity contribution in [3.63, 3.8) is 0 Å². The van der Waals surface area contributed by atoms with Gasteiger partial charge in [-0.15, -0.1) is 6.58 Å². The van der Waals surface area contributed by atoms with Gasteiger partial charge in [-0.3, -0.25) is 4.79 Å².